The Balaban J connectivity index is 2.08. The van der Waals surface area contributed by atoms with Gasteiger partial charge in [-0.25, -0.2) is 0 Å². The fourth-order valence-electron chi connectivity index (χ4n) is 1.84. The summed E-state index contributed by atoms with van der Waals surface area (Å²) in [5, 5.41) is 8.07. The van der Waals surface area contributed by atoms with E-state index in [1.54, 1.807) is 6.07 Å². The van der Waals surface area contributed by atoms with Gasteiger partial charge in [0.1, 0.15) is 5.84 Å². The van der Waals surface area contributed by atoms with E-state index in [0.29, 0.717) is 10.6 Å². The van der Waals surface area contributed by atoms with Crippen LogP contribution >= 0.6 is 23.4 Å². The second kappa shape index (κ2) is 5.76. The summed E-state index contributed by atoms with van der Waals surface area (Å²) in [7, 11) is 0. The van der Waals surface area contributed by atoms with Crippen LogP contribution in [-0.4, -0.2) is 35.3 Å². The van der Waals surface area contributed by atoms with Crippen molar-refractivity contribution in [1.82, 2.24) is 4.90 Å². The second-order valence-electron chi connectivity index (χ2n) is 4.11. The van der Waals surface area contributed by atoms with Crippen molar-refractivity contribution in [3.63, 3.8) is 0 Å². The quantitative estimate of drug-likeness (QED) is 0.653. The monoisotopic (exact) mass is 269 g/mol. The number of amidine groups is 1. The number of thioether (sulfide) groups is 1. The molecule has 92 valence electrons. The van der Waals surface area contributed by atoms with Gasteiger partial charge in [0.2, 0.25) is 0 Å². The molecule has 1 saturated heterocycles. The Morgan fingerprint density at radius 3 is 2.71 bits per heavy atom. The van der Waals surface area contributed by atoms with Gasteiger partial charge in [-0.05, 0) is 11.6 Å². The van der Waals surface area contributed by atoms with Crippen LogP contribution in [0.15, 0.2) is 18.2 Å². The van der Waals surface area contributed by atoms with Gasteiger partial charge in [0.15, 0.2) is 0 Å². The van der Waals surface area contributed by atoms with Crippen molar-refractivity contribution < 1.29 is 0 Å². The Bertz CT molecular complexity index is 416. The summed E-state index contributed by atoms with van der Waals surface area (Å²) in [6.45, 7) is 3.13. The highest BCUT2D eigenvalue weighted by Gasteiger charge is 2.12. The average molecular weight is 270 g/mol. The van der Waals surface area contributed by atoms with E-state index in [0.717, 1.165) is 25.2 Å². The van der Waals surface area contributed by atoms with Gasteiger partial charge < -0.3 is 5.73 Å². The highest BCUT2D eigenvalue weighted by Crippen LogP contribution is 2.21. The number of hydrogen-bond donors (Lipinski definition) is 2. The van der Waals surface area contributed by atoms with E-state index in [1.165, 1.54) is 11.5 Å². The minimum Gasteiger partial charge on any atom is -0.384 e. The Kier molecular flexibility index (Phi) is 4.31. The van der Waals surface area contributed by atoms with E-state index in [-0.39, 0.29) is 5.84 Å². The molecule has 2 rings (SSSR count). The van der Waals surface area contributed by atoms with E-state index in [1.807, 2.05) is 23.9 Å². The third-order valence-electron chi connectivity index (χ3n) is 2.86. The first kappa shape index (κ1) is 12.7. The smallest absolute Gasteiger partial charge is 0.122 e. The number of nitrogens with two attached hydrogens (primary N) is 1. The molecule has 0 radical (unpaired) electrons. The number of rotatable bonds is 3. The van der Waals surface area contributed by atoms with Gasteiger partial charge in [-0.3, -0.25) is 10.3 Å². The van der Waals surface area contributed by atoms with Crippen LogP contribution in [0.1, 0.15) is 11.1 Å². The topological polar surface area (TPSA) is 53.1 Å². The van der Waals surface area contributed by atoms with E-state index in [4.69, 9.17) is 22.7 Å². The zero-order valence-electron chi connectivity index (χ0n) is 9.58. The standard InChI is InChI=1S/C12H16ClN3S/c13-11-7-9(12(14)15)1-2-10(11)8-16-3-5-17-6-4-16/h1-2,7H,3-6,8H2,(H3,14,15). The molecule has 1 aromatic rings. The normalized spacial score (nSPS) is 17.0. The van der Waals surface area contributed by atoms with E-state index in [2.05, 4.69) is 4.90 Å². The molecule has 0 atom stereocenters. The summed E-state index contributed by atoms with van der Waals surface area (Å²) in [4.78, 5) is 2.41. The van der Waals surface area contributed by atoms with Crippen LogP contribution in [0.2, 0.25) is 5.02 Å². The van der Waals surface area contributed by atoms with Crippen molar-refractivity contribution in [3.8, 4) is 0 Å². The maximum absolute atomic E-state index is 7.36. The van der Waals surface area contributed by atoms with Crippen LogP contribution in [-0.2, 0) is 6.54 Å². The van der Waals surface area contributed by atoms with Crippen molar-refractivity contribution in [2.24, 2.45) is 5.73 Å². The summed E-state index contributed by atoms with van der Waals surface area (Å²) < 4.78 is 0. The number of hydrogen-bond acceptors (Lipinski definition) is 3. The molecular weight excluding hydrogens is 254 g/mol. The Morgan fingerprint density at radius 2 is 2.12 bits per heavy atom. The Hall–Kier alpha value is -0.710. The van der Waals surface area contributed by atoms with Crippen molar-refractivity contribution in [1.29, 1.82) is 5.41 Å². The Morgan fingerprint density at radius 1 is 1.41 bits per heavy atom. The summed E-state index contributed by atoms with van der Waals surface area (Å²) in [6, 6.07) is 5.61. The lowest BCUT2D eigenvalue weighted by Crippen LogP contribution is -2.32. The van der Waals surface area contributed by atoms with Crippen LogP contribution in [0.3, 0.4) is 0 Å². The van der Waals surface area contributed by atoms with Gasteiger partial charge in [0.05, 0.1) is 0 Å². The summed E-state index contributed by atoms with van der Waals surface area (Å²) in [6.07, 6.45) is 0. The Labute approximate surface area is 111 Å². The number of nitrogens with one attached hydrogen (secondary N) is 1. The highest BCUT2D eigenvalue weighted by molar-refractivity contribution is 7.99. The minimum absolute atomic E-state index is 0.0628. The molecule has 0 aromatic heterocycles. The van der Waals surface area contributed by atoms with Crippen molar-refractivity contribution in [2.75, 3.05) is 24.6 Å². The molecule has 1 aliphatic rings. The predicted octanol–water partition coefficient (Wildman–Crippen LogP) is 2.17. The van der Waals surface area contributed by atoms with Crippen molar-refractivity contribution in [2.45, 2.75) is 6.54 Å². The highest BCUT2D eigenvalue weighted by atomic mass is 35.5. The predicted molar refractivity (Wildman–Crippen MR) is 75.1 cm³/mol. The molecular formula is C12H16ClN3S. The lowest BCUT2D eigenvalue weighted by atomic mass is 10.1. The first-order valence-corrected chi connectivity index (χ1v) is 7.13. The molecule has 3 nitrogen and oxygen atoms in total. The maximum Gasteiger partial charge on any atom is 0.122 e. The summed E-state index contributed by atoms with van der Waals surface area (Å²) >= 11 is 8.21. The van der Waals surface area contributed by atoms with Gasteiger partial charge in [0.25, 0.3) is 0 Å². The van der Waals surface area contributed by atoms with E-state index >= 15 is 0 Å². The lowest BCUT2D eigenvalue weighted by Gasteiger charge is -2.26. The SMILES string of the molecule is N=C(N)c1ccc(CN2CCSCC2)c(Cl)c1. The summed E-state index contributed by atoms with van der Waals surface area (Å²) in [5.74, 6) is 2.46. The van der Waals surface area contributed by atoms with E-state index < -0.39 is 0 Å². The maximum atomic E-state index is 7.36. The molecule has 0 saturated carbocycles. The molecule has 0 amide bonds. The first-order chi connectivity index (χ1) is 8.16. The largest absolute Gasteiger partial charge is 0.384 e. The van der Waals surface area contributed by atoms with Gasteiger partial charge >= 0.3 is 0 Å². The van der Waals surface area contributed by atoms with Gasteiger partial charge in [-0.2, -0.15) is 11.8 Å². The molecule has 1 heterocycles. The lowest BCUT2D eigenvalue weighted by molar-refractivity contribution is 0.294. The average Bonchev–Trinajstić information content (AvgIpc) is 2.33. The number of halogens is 1. The molecule has 17 heavy (non-hydrogen) atoms. The molecule has 5 heteroatoms. The molecule has 0 aliphatic carbocycles. The second-order valence-corrected chi connectivity index (χ2v) is 5.74. The van der Waals surface area contributed by atoms with Crippen LogP contribution in [0.4, 0.5) is 0 Å². The van der Waals surface area contributed by atoms with Gasteiger partial charge in [-0.1, -0.05) is 23.7 Å². The first-order valence-electron chi connectivity index (χ1n) is 5.60. The third-order valence-corrected chi connectivity index (χ3v) is 4.16. The third kappa shape index (κ3) is 3.37. The minimum atomic E-state index is 0.0628. The molecule has 1 fully saturated rings. The molecule has 0 spiro atoms. The van der Waals surface area contributed by atoms with Crippen LogP contribution in [0, 0.1) is 5.41 Å². The van der Waals surface area contributed by atoms with Crippen molar-refractivity contribution >= 4 is 29.2 Å². The number of nitrogen functional groups attached to an aromatic ring is 1. The van der Waals surface area contributed by atoms with Gasteiger partial charge in [0, 0.05) is 41.7 Å². The molecule has 1 aliphatic heterocycles. The van der Waals surface area contributed by atoms with Gasteiger partial charge in [-0.15, -0.1) is 0 Å². The van der Waals surface area contributed by atoms with E-state index in [9.17, 15) is 0 Å². The number of benzene rings is 1. The molecule has 3 N–H and O–H groups in total. The number of nitrogens with zero attached hydrogens (tertiary/aromatic N) is 1. The fraction of sp³-hybridized carbons (Fsp3) is 0.417. The van der Waals surface area contributed by atoms with Crippen LogP contribution < -0.4 is 5.73 Å². The zero-order chi connectivity index (χ0) is 12.3. The molecule has 0 bridgehead atoms. The molecule has 0 unspecified atom stereocenters. The fourth-order valence-corrected chi connectivity index (χ4v) is 3.06. The van der Waals surface area contributed by atoms with Crippen LogP contribution in [0.5, 0.6) is 0 Å². The molecule has 1 aromatic carbocycles. The van der Waals surface area contributed by atoms with Crippen LogP contribution in [0.25, 0.3) is 0 Å². The zero-order valence-corrected chi connectivity index (χ0v) is 11.2. The summed E-state index contributed by atoms with van der Waals surface area (Å²) in [5.41, 5.74) is 7.23. The van der Waals surface area contributed by atoms with Crippen molar-refractivity contribution in [3.05, 3.63) is 34.3 Å².